The molecule has 0 amide bonds. The van der Waals surface area contributed by atoms with E-state index < -0.39 is 0 Å². The van der Waals surface area contributed by atoms with Gasteiger partial charge in [-0.25, -0.2) is 0 Å². The fourth-order valence-corrected chi connectivity index (χ4v) is 2.69. The minimum atomic E-state index is 0.0157. The summed E-state index contributed by atoms with van der Waals surface area (Å²) in [5, 5.41) is 0.771. The predicted octanol–water partition coefficient (Wildman–Crippen LogP) is 1.63. The topological polar surface area (TPSA) is 35.2 Å². The summed E-state index contributed by atoms with van der Waals surface area (Å²) < 4.78 is 5.82. The van der Waals surface area contributed by atoms with Crippen molar-refractivity contribution in [2.24, 2.45) is 5.73 Å². The molecule has 1 saturated carbocycles. The maximum atomic E-state index is 5.82. The van der Waals surface area contributed by atoms with Crippen molar-refractivity contribution in [2.75, 3.05) is 12.8 Å². The molecule has 1 fully saturated rings. The smallest absolute Gasteiger partial charge is 0.0828 e. The first-order valence-electron chi connectivity index (χ1n) is 4.52. The number of thioether (sulfide) groups is 1. The summed E-state index contributed by atoms with van der Waals surface area (Å²) >= 11 is 1.92. The van der Waals surface area contributed by atoms with Crippen LogP contribution >= 0.6 is 11.8 Å². The molecular weight excluding hydrogens is 170 g/mol. The van der Waals surface area contributed by atoms with E-state index in [1.54, 1.807) is 0 Å². The zero-order chi connectivity index (χ0) is 9.19. The summed E-state index contributed by atoms with van der Waals surface area (Å²) in [6, 6.07) is 0. The van der Waals surface area contributed by atoms with E-state index in [1.807, 2.05) is 11.8 Å². The first-order valence-corrected chi connectivity index (χ1v) is 5.81. The SMILES string of the molecule is CSC1CC(CN)(OC(C)C)C1. The molecule has 0 bridgehead atoms. The van der Waals surface area contributed by atoms with Gasteiger partial charge in [0.25, 0.3) is 0 Å². The van der Waals surface area contributed by atoms with Crippen LogP contribution < -0.4 is 5.73 Å². The fourth-order valence-electron chi connectivity index (χ4n) is 1.75. The summed E-state index contributed by atoms with van der Waals surface area (Å²) in [6.07, 6.45) is 4.71. The molecule has 2 nitrogen and oxygen atoms in total. The molecule has 0 saturated heterocycles. The summed E-state index contributed by atoms with van der Waals surface area (Å²) in [7, 11) is 0. The third kappa shape index (κ3) is 2.15. The Morgan fingerprint density at radius 3 is 2.50 bits per heavy atom. The van der Waals surface area contributed by atoms with Gasteiger partial charge in [0.2, 0.25) is 0 Å². The molecule has 2 N–H and O–H groups in total. The number of ether oxygens (including phenoxy) is 1. The Bertz CT molecular complexity index is 143. The van der Waals surface area contributed by atoms with E-state index in [-0.39, 0.29) is 5.60 Å². The van der Waals surface area contributed by atoms with Crippen LogP contribution in [0.5, 0.6) is 0 Å². The second-order valence-electron chi connectivity index (χ2n) is 3.82. The lowest BCUT2D eigenvalue weighted by Crippen LogP contribution is -2.54. The van der Waals surface area contributed by atoms with E-state index in [0.29, 0.717) is 12.6 Å². The van der Waals surface area contributed by atoms with Gasteiger partial charge in [-0.2, -0.15) is 11.8 Å². The minimum Gasteiger partial charge on any atom is -0.371 e. The third-order valence-corrected chi connectivity index (χ3v) is 3.39. The normalized spacial score (nSPS) is 35.2. The molecule has 0 atom stereocenters. The molecule has 1 aliphatic rings. The van der Waals surface area contributed by atoms with Crippen LogP contribution in [0.1, 0.15) is 26.7 Å². The van der Waals surface area contributed by atoms with Gasteiger partial charge in [-0.1, -0.05) is 0 Å². The molecule has 72 valence electrons. The zero-order valence-corrected chi connectivity index (χ0v) is 8.99. The molecule has 0 spiro atoms. The van der Waals surface area contributed by atoms with Crippen molar-refractivity contribution in [3.8, 4) is 0 Å². The van der Waals surface area contributed by atoms with Crippen LogP contribution in [0, 0.1) is 0 Å². The molecule has 1 aliphatic carbocycles. The zero-order valence-electron chi connectivity index (χ0n) is 8.17. The monoisotopic (exact) mass is 189 g/mol. The maximum Gasteiger partial charge on any atom is 0.0828 e. The van der Waals surface area contributed by atoms with Crippen LogP contribution in [-0.2, 0) is 4.74 Å². The van der Waals surface area contributed by atoms with Gasteiger partial charge in [-0.05, 0) is 32.9 Å². The highest BCUT2D eigenvalue weighted by Crippen LogP contribution is 2.41. The average Bonchev–Trinajstić information content (AvgIpc) is 1.95. The summed E-state index contributed by atoms with van der Waals surface area (Å²) in [6.45, 7) is 4.82. The van der Waals surface area contributed by atoms with Crippen molar-refractivity contribution >= 4 is 11.8 Å². The van der Waals surface area contributed by atoms with E-state index >= 15 is 0 Å². The van der Waals surface area contributed by atoms with Crippen molar-refractivity contribution in [3.05, 3.63) is 0 Å². The van der Waals surface area contributed by atoms with Crippen LogP contribution in [0.4, 0.5) is 0 Å². The summed E-state index contributed by atoms with van der Waals surface area (Å²) in [4.78, 5) is 0. The van der Waals surface area contributed by atoms with E-state index in [0.717, 1.165) is 18.1 Å². The number of nitrogens with two attached hydrogens (primary N) is 1. The Kier molecular flexibility index (Phi) is 3.44. The van der Waals surface area contributed by atoms with E-state index in [2.05, 4.69) is 20.1 Å². The molecule has 1 rings (SSSR count). The number of rotatable bonds is 4. The lowest BCUT2D eigenvalue weighted by molar-refractivity contribution is -0.117. The lowest BCUT2D eigenvalue weighted by Gasteiger charge is -2.47. The van der Waals surface area contributed by atoms with Gasteiger partial charge >= 0.3 is 0 Å². The lowest BCUT2D eigenvalue weighted by atomic mass is 9.79. The van der Waals surface area contributed by atoms with E-state index in [1.165, 1.54) is 0 Å². The highest BCUT2D eigenvalue weighted by Gasteiger charge is 2.44. The average molecular weight is 189 g/mol. The van der Waals surface area contributed by atoms with Gasteiger partial charge in [0.15, 0.2) is 0 Å². The van der Waals surface area contributed by atoms with E-state index in [9.17, 15) is 0 Å². The van der Waals surface area contributed by atoms with Gasteiger partial charge < -0.3 is 10.5 Å². The largest absolute Gasteiger partial charge is 0.371 e. The standard InChI is InChI=1S/C9H19NOS/c1-7(2)11-9(6-10)4-8(5-9)12-3/h7-8H,4-6,10H2,1-3H3. The Morgan fingerprint density at radius 1 is 1.58 bits per heavy atom. The van der Waals surface area contributed by atoms with Crippen molar-refractivity contribution in [2.45, 2.75) is 43.6 Å². The molecule has 12 heavy (non-hydrogen) atoms. The van der Waals surface area contributed by atoms with Crippen molar-refractivity contribution in [1.82, 2.24) is 0 Å². The number of hydrogen-bond acceptors (Lipinski definition) is 3. The van der Waals surface area contributed by atoms with Crippen LogP contribution in [0.2, 0.25) is 0 Å². The van der Waals surface area contributed by atoms with Crippen LogP contribution in [-0.4, -0.2) is 29.8 Å². The van der Waals surface area contributed by atoms with Crippen molar-refractivity contribution in [1.29, 1.82) is 0 Å². The molecule has 0 aliphatic heterocycles. The van der Waals surface area contributed by atoms with Gasteiger partial charge in [0.1, 0.15) is 0 Å². The molecule has 0 aromatic heterocycles. The quantitative estimate of drug-likeness (QED) is 0.730. The highest BCUT2D eigenvalue weighted by atomic mass is 32.2. The van der Waals surface area contributed by atoms with Crippen molar-refractivity contribution < 1.29 is 4.74 Å². The molecule has 0 heterocycles. The van der Waals surface area contributed by atoms with Crippen LogP contribution in [0.3, 0.4) is 0 Å². The molecule has 0 radical (unpaired) electrons. The van der Waals surface area contributed by atoms with Gasteiger partial charge in [-0.15, -0.1) is 0 Å². The Hall–Kier alpha value is 0.270. The number of hydrogen-bond donors (Lipinski definition) is 1. The van der Waals surface area contributed by atoms with Gasteiger partial charge in [0.05, 0.1) is 11.7 Å². The van der Waals surface area contributed by atoms with Crippen LogP contribution in [0.25, 0.3) is 0 Å². The highest BCUT2D eigenvalue weighted by molar-refractivity contribution is 7.99. The fraction of sp³-hybridized carbons (Fsp3) is 1.00. The molecule has 3 heteroatoms. The molecule has 0 aromatic rings. The molecule has 0 unspecified atom stereocenters. The first-order chi connectivity index (χ1) is 5.62. The maximum absolute atomic E-state index is 5.82. The summed E-state index contributed by atoms with van der Waals surface area (Å²) in [5.74, 6) is 0. The Morgan fingerprint density at radius 2 is 2.17 bits per heavy atom. The minimum absolute atomic E-state index is 0.0157. The first kappa shape index (κ1) is 10.4. The predicted molar refractivity (Wildman–Crippen MR) is 54.5 cm³/mol. The Labute approximate surface area is 79.2 Å². The van der Waals surface area contributed by atoms with Gasteiger partial charge in [-0.3, -0.25) is 0 Å². The second-order valence-corrected chi connectivity index (χ2v) is 4.96. The summed E-state index contributed by atoms with van der Waals surface area (Å²) in [5.41, 5.74) is 5.72. The molecular formula is C9H19NOS. The van der Waals surface area contributed by atoms with E-state index in [4.69, 9.17) is 10.5 Å². The third-order valence-electron chi connectivity index (χ3n) is 2.39. The van der Waals surface area contributed by atoms with Crippen LogP contribution in [0.15, 0.2) is 0 Å². The second kappa shape index (κ2) is 3.99. The Balaban J connectivity index is 2.36. The van der Waals surface area contributed by atoms with Gasteiger partial charge in [0, 0.05) is 11.8 Å². The van der Waals surface area contributed by atoms with Crippen molar-refractivity contribution in [3.63, 3.8) is 0 Å². The molecule has 0 aromatic carbocycles.